The molecule has 2 aromatic heterocycles. The summed E-state index contributed by atoms with van der Waals surface area (Å²) in [6.07, 6.45) is 2.47. The second-order valence-electron chi connectivity index (χ2n) is 14.6. The van der Waals surface area contributed by atoms with Gasteiger partial charge in [0.15, 0.2) is 11.2 Å². The Morgan fingerprint density at radius 1 is 0.741 bits per heavy atom. The number of nitrogens with zero attached hydrogens (tertiary/aromatic N) is 4. The van der Waals surface area contributed by atoms with E-state index in [2.05, 4.69) is 0 Å². The van der Waals surface area contributed by atoms with Crippen molar-refractivity contribution in [3.63, 3.8) is 0 Å². The Bertz CT molecular complexity index is 2370. The number of benzene rings is 4. The molecule has 0 radical (unpaired) electrons. The first-order chi connectivity index (χ1) is 27.8. The van der Waals surface area contributed by atoms with Gasteiger partial charge in [0, 0.05) is 47.5 Å². The third-order valence-electron chi connectivity index (χ3n) is 11.1. The van der Waals surface area contributed by atoms with E-state index in [4.69, 9.17) is 34.0 Å². The zero-order chi connectivity index (χ0) is 40.8. The third kappa shape index (κ3) is 7.56. The molecule has 4 aromatic carbocycles. The van der Waals surface area contributed by atoms with Gasteiger partial charge in [0.2, 0.25) is 17.7 Å². The first-order valence-corrected chi connectivity index (χ1v) is 18.8. The zero-order valence-electron chi connectivity index (χ0n) is 31.5. The van der Waals surface area contributed by atoms with Crippen molar-refractivity contribution in [1.29, 1.82) is 0 Å². The summed E-state index contributed by atoms with van der Waals surface area (Å²) in [5, 5.41) is 9.66. The minimum Gasteiger partial charge on any atom is -0.480 e. The number of nitrogens with two attached hydrogens (primary N) is 1. The molecular formula is C42H39F4N5O7. The van der Waals surface area contributed by atoms with E-state index in [9.17, 15) is 32.3 Å². The Balaban J connectivity index is 1.12. The summed E-state index contributed by atoms with van der Waals surface area (Å²) in [7, 11) is 0. The molecule has 2 aliphatic heterocycles. The van der Waals surface area contributed by atoms with E-state index in [0.29, 0.717) is 65.6 Å². The molecule has 1 amide bonds. The molecule has 0 spiro atoms. The molecule has 0 saturated carbocycles. The van der Waals surface area contributed by atoms with Crippen LogP contribution >= 0.6 is 0 Å². The maximum absolute atomic E-state index is 13.5. The summed E-state index contributed by atoms with van der Waals surface area (Å²) in [6.45, 7) is -1.03. The minimum atomic E-state index is -3.10. The largest absolute Gasteiger partial charge is 0.480 e. The van der Waals surface area contributed by atoms with Gasteiger partial charge in [0.1, 0.15) is 28.6 Å². The van der Waals surface area contributed by atoms with E-state index in [-0.39, 0.29) is 47.5 Å². The smallest absolute Gasteiger partial charge is 0.387 e. The van der Waals surface area contributed by atoms with Crippen LogP contribution in [0.4, 0.5) is 17.6 Å². The lowest BCUT2D eigenvalue weighted by atomic mass is 9.91. The van der Waals surface area contributed by atoms with E-state index < -0.39 is 37.2 Å². The maximum atomic E-state index is 13.5. The molecule has 4 heterocycles. The van der Waals surface area contributed by atoms with Crippen LogP contribution in [0.15, 0.2) is 69.5 Å². The minimum absolute atomic E-state index is 0.0789. The number of aromatic nitrogens is 2. The SMILES string of the molecule is Cc1c(-c2nc3cc(CN4CCC[C@H]4C(N)=O)c(OC(F)F)cc3o2)cccc1-c1cccc(-c2nc3cc(CN4CCC[C@H]4C(=O)O)c(OC(F)F)cc3o2)c1C. The normalized spacial score (nSPS) is 17.7. The Labute approximate surface area is 329 Å². The number of hydrogen-bond donors (Lipinski definition) is 2. The molecule has 2 atom stereocenters. The summed E-state index contributed by atoms with van der Waals surface area (Å²) in [5.74, 6) is -1.12. The quantitative estimate of drug-likeness (QED) is 0.108. The van der Waals surface area contributed by atoms with Gasteiger partial charge in [-0.3, -0.25) is 19.4 Å². The molecule has 16 heteroatoms. The Morgan fingerprint density at radius 2 is 1.17 bits per heavy atom. The van der Waals surface area contributed by atoms with Gasteiger partial charge in [-0.05, 0) is 99.1 Å². The van der Waals surface area contributed by atoms with Crippen molar-refractivity contribution in [2.45, 2.75) is 77.9 Å². The van der Waals surface area contributed by atoms with Crippen LogP contribution in [0.25, 0.3) is 56.2 Å². The number of ether oxygens (including phenoxy) is 2. The molecule has 58 heavy (non-hydrogen) atoms. The van der Waals surface area contributed by atoms with E-state index in [1.807, 2.05) is 55.1 Å². The summed E-state index contributed by atoms with van der Waals surface area (Å²) in [5.41, 5.74) is 12.3. The fourth-order valence-corrected chi connectivity index (χ4v) is 8.27. The Kier molecular flexibility index (Phi) is 10.5. The first-order valence-electron chi connectivity index (χ1n) is 18.8. The van der Waals surface area contributed by atoms with Crippen LogP contribution in [-0.4, -0.2) is 75.1 Å². The van der Waals surface area contributed by atoms with Gasteiger partial charge in [-0.2, -0.15) is 17.6 Å². The number of amides is 1. The van der Waals surface area contributed by atoms with Crippen LogP contribution in [-0.2, 0) is 22.7 Å². The van der Waals surface area contributed by atoms with E-state index in [1.54, 1.807) is 17.0 Å². The molecular weight excluding hydrogens is 762 g/mol. The highest BCUT2D eigenvalue weighted by molar-refractivity contribution is 5.86. The average Bonchev–Trinajstić information content (AvgIpc) is 3.99. The van der Waals surface area contributed by atoms with E-state index in [1.165, 1.54) is 12.1 Å². The molecule has 0 unspecified atom stereocenters. The Morgan fingerprint density at radius 3 is 1.60 bits per heavy atom. The fourth-order valence-electron chi connectivity index (χ4n) is 8.27. The van der Waals surface area contributed by atoms with Crippen LogP contribution in [0.3, 0.4) is 0 Å². The first kappa shape index (κ1) is 38.9. The molecule has 2 fully saturated rings. The highest BCUT2D eigenvalue weighted by atomic mass is 19.3. The second-order valence-corrected chi connectivity index (χ2v) is 14.6. The number of fused-ring (bicyclic) bond motifs is 2. The number of carboxylic acids is 1. The predicted molar refractivity (Wildman–Crippen MR) is 204 cm³/mol. The van der Waals surface area contributed by atoms with Crippen molar-refractivity contribution >= 4 is 34.1 Å². The van der Waals surface area contributed by atoms with Gasteiger partial charge < -0.3 is 29.1 Å². The van der Waals surface area contributed by atoms with Gasteiger partial charge in [0.05, 0.1) is 6.04 Å². The molecule has 6 aromatic rings. The van der Waals surface area contributed by atoms with Crippen molar-refractivity contribution in [2.24, 2.45) is 5.73 Å². The number of aliphatic carboxylic acids is 1. The van der Waals surface area contributed by atoms with Crippen molar-refractivity contribution in [3.05, 3.63) is 82.9 Å². The standard InChI is InChI=1S/C42H39F4N5O7/c1-21-25(7-3-9-27(21)38-48-29-15-23(19-50-13-5-11-31(50)37(47)52)33(57-41(43)44)17-35(29)55-38)26-8-4-10-28(22(26)2)39-49-30-16-24(20-51-14-6-12-32(51)40(53)54)34(58-42(45)46)18-36(30)56-39/h3-4,7-10,15-18,31-32,41-42H,5-6,11-14,19-20H2,1-2H3,(H2,47,52)(H,53,54)/t31-,32-/m0/s1. The van der Waals surface area contributed by atoms with Gasteiger partial charge in [-0.1, -0.05) is 24.3 Å². The number of alkyl halides is 4. The fraction of sp³-hybridized carbons (Fsp3) is 0.333. The highest BCUT2D eigenvalue weighted by Crippen LogP contribution is 2.40. The Hall–Kier alpha value is -6.00. The number of rotatable bonds is 13. The van der Waals surface area contributed by atoms with Crippen LogP contribution < -0.4 is 15.2 Å². The van der Waals surface area contributed by atoms with Crippen molar-refractivity contribution in [1.82, 2.24) is 19.8 Å². The summed E-state index contributed by atoms with van der Waals surface area (Å²) in [6, 6.07) is 16.0. The lowest BCUT2D eigenvalue weighted by Crippen LogP contribution is -2.39. The van der Waals surface area contributed by atoms with E-state index in [0.717, 1.165) is 28.7 Å². The molecule has 2 aliphatic rings. The van der Waals surface area contributed by atoms with Gasteiger partial charge in [0.25, 0.3) is 0 Å². The number of carbonyl (C=O) groups is 2. The van der Waals surface area contributed by atoms with Crippen molar-refractivity contribution in [3.8, 4) is 45.5 Å². The summed E-state index contributed by atoms with van der Waals surface area (Å²) >= 11 is 0. The number of halogens is 4. The number of primary amides is 1. The molecule has 302 valence electrons. The van der Waals surface area contributed by atoms with Crippen LogP contribution in [0.5, 0.6) is 11.5 Å². The number of carboxylic acid groups (broad SMARTS) is 1. The molecule has 0 bridgehead atoms. The van der Waals surface area contributed by atoms with Gasteiger partial charge in [-0.15, -0.1) is 0 Å². The van der Waals surface area contributed by atoms with Crippen molar-refractivity contribution in [2.75, 3.05) is 13.1 Å². The number of carbonyl (C=O) groups excluding carboxylic acids is 1. The molecule has 3 N–H and O–H groups in total. The summed E-state index contributed by atoms with van der Waals surface area (Å²) < 4.78 is 76.1. The molecule has 8 rings (SSSR count). The zero-order valence-corrected chi connectivity index (χ0v) is 31.5. The third-order valence-corrected chi connectivity index (χ3v) is 11.1. The summed E-state index contributed by atoms with van der Waals surface area (Å²) in [4.78, 5) is 36.9. The second kappa shape index (κ2) is 15.7. The van der Waals surface area contributed by atoms with Gasteiger partial charge >= 0.3 is 19.2 Å². The molecule has 0 aliphatic carbocycles. The number of likely N-dealkylation sites (tertiary alicyclic amines) is 2. The number of oxazole rings is 2. The van der Waals surface area contributed by atoms with Crippen LogP contribution in [0, 0.1) is 13.8 Å². The monoisotopic (exact) mass is 801 g/mol. The highest BCUT2D eigenvalue weighted by Gasteiger charge is 2.32. The van der Waals surface area contributed by atoms with Crippen LogP contribution in [0.1, 0.15) is 47.9 Å². The molecule has 12 nitrogen and oxygen atoms in total. The topological polar surface area (TPSA) is 157 Å². The van der Waals surface area contributed by atoms with Crippen molar-refractivity contribution < 1.29 is 50.6 Å². The predicted octanol–water partition coefficient (Wildman–Crippen LogP) is 8.29. The van der Waals surface area contributed by atoms with Gasteiger partial charge in [-0.25, -0.2) is 9.97 Å². The lowest BCUT2D eigenvalue weighted by Gasteiger charge is -2.23. The lowest BCUT2D eigenvalue weighted by molar-refractivity contribution is -0.142. The maximum Gasteiger partial charge on any atom is 0.387 e. The van der Waals surface area contributed by atoms with Crippen LogP contribution in [0.2, 0.25) is 0 Å². The van der Waals surface area contributed by atoms with E-state index >= 15 is 0 Å². The number of hydrogen-bond acceptors (Lipinski definition) is 10. The average molecular weight is 802 g/mol. The molecule has 2 saturated heterocycles.